The molecule has 12 heteroatoms. The van der Waals surface area contributed by atoms with E-state index in [9.17, 15) is 29.1 Å². The molecule has 34 heavy (non-hydrogen) atoms. The van der Waals surface area contributed by atoms with E-state index in [1.807, 2.05) is 0 Å². The number of hydrogen-bond donors (Lipinski definition) is 6. The lowest BCUT2D eigenvalue weighted by Crippen LogP contribution is -2.58. The van der Waals surface area contributed by atoms with E-state index < -0.39 is 60.4 Å². The molecule has 0 radical (unpaired) electrons. The molecule has 0 spiro atoms. The molecule has 1 heterocycles. The van der Waals surface area contributed by atoms with Crippen molar-refractivity contribution in [3.05, 3.63) is 35.9 Å². The smallest absolute Gasteiger partial charge is 0.326 e. The fraction of sp³-hybridized carbons (Fsp3) is 0.500. The quantitative estimate of drug-likeness (QED) is 0.195. The summed E-state index contributed by atoms with van der Waals surface area (Å²) in [6.45, 7) is -0.426. The minimum atomic E-state index is -1.25. The standard InChI is InChI=1S/C22H31N5O7/c23-14(12-28)19(30)26-16(11-13-5-2-1-3-6-13)20(31)25-15(8-9-18(24)29)21(32)27-10-4-7-17(27)22(33)34/h1-3,5-6,14-17,28H,4,7-12,23H2,(H2,24,29)(H,25,31)(H,26,30)(H,33,34). The minimum Gasteiger partial charge on any atom is -0.480 e. The summed E-state index contributed by atoms with van der Waals surface area (Å²) in [5.41, 5.74) is 11.5. The fourth-order valence-corrected chi connectivity index (χ4v) is 3.72. The molecule has 1 fully saturated rings. The van der Waals surface area contributed by atoms with Gasteiger partial charge < -0.3 is 37.2 Å². The minimum absolute atomic E-state index is 0.0642. The SMILES string of the molecule is NC(=O)CCC(NC(=O)C(Cc1ccccc1)NC(=O)C(N)CO)C(=O)N1CCCC1C(=O)O. The molecule has 12 nitrogen and oxygen atoms in total. The Hall–Kier alpha value is -3.51. The molecular formula is C22H31N5O7. The van der Waals surface area contributed by atoms with Gasteiger partial charge in [0.25, 0.3) is 0 Å². The number of carboxylic acid groups (broad SMARTS) is 1. The number of carbonyl (C=O) groups is 5. The average Bonchev–Trinajstić information content (AvgIpc) is 3.31. The van der Waals surface area contributed by atoms with Crippen molar-refractivity contribution < 1.29 is 34.2 Å². The number of carbonyl (C=O) groups excluding carboxylic acids is 4. The highest BCUT2D eigenvalue weighted by molar-refractivity contribution is 5.94. The van der Waals surface area contributed by atoms with Gasteiger partial charge >= 0.3 is 5.97 Å². The molecule has 1 aromatic rings. The molecule has 1 aliphatic rings. The van der Waals surface area contributed by atoms with Crippen LogP contribution in [0, 0.1) is 0 Å². The first kappa shape index (κ1) is 26.7. The number of carboxylic acids is 1. The zero-order valence-electron chi connectivity index (χ0n) is 18.7. The van der Waals surface area contributed by atoms with Crippen LogP contribution in [0.15, 0.2) is 30.3 Å². The molecule has 0 saturated carbocycles. The number of likely N-dealkylation sites (tertiary alicyclic amines) is 1. The van der Waals surface area contributed by atoms with Gasteiger partial charge in [-0.15, -0.1) is 0 Å². The Bertz CT molecular complexity index is 895. The number of aliphatic hydroxyl groups excluding tert-OH is 1. The Morgan fingerprint density at radius 3 is 2.29 bits per heavy atom. The lowest BCUT2D eigenvalue weighted by molar-refractivity contribution is -0.149. The van der Waals surface area contributed by atoms with Crippen LogP contribution in [-0.2, 0) is 30.4 Å². The van der Waals surface area contributed by atoms with Gasteiger partial charge in [-0.2, -0.15) is 0 Å². The van der Waals surface area contributed by atoms with Crippen molar-refractivity contribution in [3.8, 4) is 0 Å². The number of nitrogens with zero attached hydrogens (tertiary/aromatic N) is 1. The number of hydrogen-bond acceptors (Lipinski definition) is 7. The van der Waals surface area contributed by atoms with Gasteiger partial charge in [-0.05, 0) is 24.8 Å². The molecule has 4 unspecified atom stereocenters. The van der Waals surface area contributed by atoms with E-state index in [1.54, 1.807) is 30.3 Å². The second-order valence-corrected chi connectivity index (χ2v) is 8.13. The predicted molar refractivity (Wildman–Crippen MR) is 120 cm³/mol. The van der Waals surface area contributed by atoms with Gasteiger partial charge in [0.15, 0.2) is 0 Å². The Kier molecular flexibility index (Phi) is 9.95. The normalized spacial score (nSPS) is 17.9. The summed E-state index contributed by atoms with van der Waals surface area (Å²) < 4.78 is 0. The van der Waals surface area contributed by atoms with Gasteiger partial charge in [0.1, 0.15) is 24.2 Å². The third-order valence-electron chi connectivity index (χ3n) is 5.56. The second-order valence-electron chi connectivity index (χ2n) is 8.13. The fourth-order valence-electron chi connectivity index (χ4n) is 3.72. The molecule has 4 amide bonds. The summed E-state index contributed by atoms with van der Waals surface area (Å²) in [6, 6.07) is 4.14. The van der Waals surface area contributed by atoms with Crippen molar-refractivity contribution in [2.75, 3.05) is 13.2 Å². The van der Waals surface area contributed by atoms with Crippen molar-refractivity contribution >= 4 is 29.6 Å². The highest BCUT2D eigenvalue weighted by atomic mass is 16.4. The van der Waals surface area contributed by atoms with Crippen LogP contribution in [0.3, 0.4) is 0 Å². The molecule has 1 aromatic carbocycles. The Morgan fingerprint density at radius 2 is 1.71 bits per heavy atom. The van der Waals surface area contributed by atoms with Crippen molar-refractivity contribution in [2.24, 2.45) is 11.5 Å². The van der Waals surface area contributed by atoms with Crippen LogP contribution in [0.1, 0.15) is 31.2 Å². The number of primary amides is 1. The summed E-state index contributed by atoms with van der Waals surface area (Å²) in [5.74, 6) is -3.97. The maximum atomic E-state index is 13.2. The van der Waals surface area contributed by atoms with Crippen LogP contribution in [0.2, 0.25) is 0 Å². The topological polar surface area (TPSA) is 205 Å². The van der Waals surface area contributed by atoms with E-state index in [1.165, 1.54) is 4.90 Å². The predicted octanol–water partition coefficient (Wildman–Crippen LogP) is -2.14. The van der Waals surface area contributed by atoms with E-state index in [0.717, 1.165) is 0 Å². The van der Waals surface area contributed by atoms with Crippen molar-refractivity contribution in [1.29, 1.82) is 0 Å². The van der Waals surface area contributed by atoms with Gasteiger partial charge in [0.2, 0.25) is 23.6 Å². The molecule has 1 aliphatic heterocycles. The van der Waals surface area contributed by atoms with Crippen LogP contribution in [0.25, 0.3) is 0 Å². The lowest BCUT2D eigenvalue weighted by Gasteiger charge is -2.29. The molecule has 186 valence electrons. The Labute approximate surface area is 196 Å². The first-order valence-electron chi connectivity index (χ1n) is 11.0. The lowest BCUT2D eigenvalue weighted by atomic mass is 10.0. The monoisotopic (exact) mass is 477 g/mol. The largest absolute Gasteiger partial charge is 0.480 e. The van der Waals surface area contributed by atoms with Crippen molar-refractivity contribution in [3.63, 3.8) is 0 Å². The van der Waals surface area contributed by atoms with Gasteiger partial charge in [0, 0.05) is 19.4 Å². The number of nitrogens with one attached hydrogen (secondary N) is 2. The number of benzene rings is 1. The summed E-state index contributed by atoms with van der Waals surface area (Å²) in [4.78, 5) is 62.6. The average molecular weight is 478 g/mol. The van der Waals surface area contributed by atoms with E-state index in [4.69, 9.17) is 16.6 Å². The van der Waals surface area contributed by atoms with Gasteiger partial charge in [0.05, 0.1) is 6.61 Å². The zero-order valence-corrected chi connectivity index (χ0v) is 18.7. The van der Waals surface area contributed by atoms with Crippen LogP contribution in [-0.4, -0.2) is 82.0 Å². The molecule has 2 rings (SSSR count). The van der Waals surface area contributed by atoms with Gasteiger partial charge in [-0.3, -0.25) is 19.2 Å². The Balaban J connectivity index is 2.24. The number of aliphatic hydroxyl groups is 1. The summed E-state index contributed by atoms with van der Waals surface area (Å²) in [6.07, 6.45) is 0.487. The number of rotatable bonds is 12. The van der Waals surface area contributed by atoms with E-state index >= 15 is 0 Å². The first-order chi connectivity index (χ1) is 16.1. The molecule has 1 saturated heterocycles. The maximum absolute atomic E-state index is 13.2. The highest BCUT2D eigenvalue weighted by Crippen LogP contribution is 2.20. The van der Waals surface area contributed by atoms with Crippen LogP contribution >= 0.6 is 0 Å². The van der Waals surface area contributed by atoms with Crippen LogP contribution in [0.5, 0.6) is 0 Å². The number of nitrogens with two attached hydrogens (primary N) is 2. The van der Waals surface area contributed by atoms with E-state index in [2.05, 4.69) is 10.6 Å². The van der Waals surface area contributed by atoms with Crippen LogP contribution in [0.4, 0.5) is 0 Å². The van der Waals surface area contributed by atoms with Crippen molar-refractivity contribution in [2.45, 2.75) is 56.3 Å². The Morgan fingerprint density at radius 1 is 1.06 bits per heavy atom. The molecule has 8 N–H and O–H groups in total. The molecular weight excluding hydrogens is 446 g/mol. The van der Waals surface area contributed by atoms with E-state index in [0.29, 0.717) is 12.0 Å². The zero-order chi connectivity index (χ0) is 25.3. The van der Waals surface area contributed by atoms with Crippen molar-refractivity contribution in [1.82, 2.24) is 15.5 Å². The number of aliphatic carboxylic acids is 1. The van der Waals surface area contributed by atoms with E-state index in [-0.39, 0.29) is 32.2 Å². The third-order valence-corrected chi connectivity index (χ3v) is 5.56. The summed E-state index contributed by atoms with van der Waals surface area (Å²) in [5, 5.41) is 23.6. The first-order valence-corrected chi connectivity index (χ1v) is 11.0. The summed E-state index contributed by atoms with van der Waals surface area (Å²) >= 11 is 0. The van der Waals surface area contributed by atoms with Gasteiger partial charge in [-0.25, -0.2) is 4.79 Å². The van der Waals surface area contributed by atoms with Crippen LogP contribution < -0.4 is 22.1 Å². The molecule has 0 aliphatic carbocycles. The molecule has 4 atom stereocenters. The molecule has 0 aromatic heterocycles. The summed E-state index contributed by atoms with van der Waals surface area (Å²) in [7, 11) is 0. The maximum Gasteiger partial charge on any atom is 0.326 e. The third kappa shape index (κ3) is 7.52. The number of amides is 4. The van der Waals surface area contributed by atoms with Gasteiger partial charge in [-0.1, -0.05) is 30.3 Å². The molecule has 0 bridgehead atoms. The second kappa shape index (κ2) is 12.7. The highest BCUT2D eigenvalue weighted by Gasteiger charge is 2.38.